The molecule has 0 heterocycles. The van der Waals surface area contributed by atoms with Gasteiger partial charge in [0, 0.05) is 10.5 Å². The lowest BCUT2D eigenvalue weighted by Gasteiger charge is -2.01. The lowest BCUT2D eigenvalue weighted by Crippen LogP contribution is -1.99. The Morgan fingerprint density at radius 2 is 2.07 bits per heavy atom. The van der Waals surface area contributed by atoms with E-state index >= 15 is 0 Å². The number of rotatable bonds is 2. The van der Waals surface area contributed by atoms with E-state index < -0.39 is 27.9 Å². The van der Waals surface area contributed by atoms with E-state index in [-0.39, 0.29) is 4.47 Å². The van der Waals surface area contributed by atoms with Gasteiger partial charge in [0.25, 0.3) is 0 Å². The van der Waals surface area contributed by atoms with Gasteiger partial charge < -0.3 is 10.2 Å². The summed E-state index contributed by atoms with van der Waals surface area (Å²) in [6, 6.07) is 2.12. The lowest BCUT2D eigenvalue weighted by molar-refractivity contribution is -0.386. The molecule has 2 N–H and O–H groups in total. The van der Waals surface area contributed by atoms with E-state index in [0.29, 0.717) is 0 Å². The van der Waals surface area contributed by atoms with Crippen LogP contribution in [0, 0.1) is 10.1 Å². The third-order valence-corrected chi connectivity index (χ3v) is 1.94. The molecule has 0 unspecified atom stereocenters. The molecule has 0 radical (unpaired) electrons. The molecule has 0 atom stereocenters. The maximum Gasteiger partial charge on any atom is 0.339 e. The quantitative estimate of drug-likeness (QED) is 0.624. The van der Waals surface area contributed by atoms with Gasteiger partial charge in [0.1, 0.15) is 5.56 Å². The standard InChI is InChI=1S/C7H4BrNO5/c8-3-1-4(7(11)12)6(10)5(2-3)9(13)14/h1-2,10H,(H,11,12). The fourth-order valence-electron chi connectivity index (χ4n) is 0.887. The Hall–Kier alpha value is -1.63. The normalized spacial score (nSPS) is 9.79. The molecule has 6 nitrogen and oxygen atoms in total. The Bertz CT molecular complexity index is 382. The highest BCUT2D eigenvalue weighted by molar-refractivity contribution is 9.10. The Balaban J connectivity index is 3.47. The number of nitrogens with zero attached hydrogens (tertiary/aromatic N) is 1. The number of nitro benzene ring substituents is 1. The molecule has 1 aromatic carbocycles. The minimum atomic E-state index is -1.42. The molecule has 7 heteroatoms. The molecule has 74 valence electrons. The van der Waals surface area contributed by atoms with Crippen LogP contribution in [0.25, 0.3) is 0 Å². The van der Waals surface area contributed by atoms with E-state index in [0.717, 1.165) is 12.1 Å². The highest BCUT2D eigenvalue weighted by Crippen LogP contribution is 2.33. The number of hydrogen-bond acceptors (Lipinski definition) is 4. The molecule has 0 aromatic heterocycles. The molecule has 0 bridgehead atoms. The van der Waals surface area contributed by atoms with E-state index in [1.54, 1.807) is 0 Å². The smallest absolute Gasteiger partial charge is 0.339 e. The SMILES string of the molecule is O=C(O)c1cc(Br)cc([N+](=O)[O-])c1O. The van der Waals surface area contributed by atoms with Gasteiger partial charge in [-0.15, -0.1) is 0 Å². The summed E-state index contributed by atoms with van der Waals surface area (Å²) in [6.45, 7) is 0. The number of phenols is 1. The molecule has 0 aliphatic carbocycles. The van der Waals surface area contributed by atoms with Crippen LogP contribution in [0.3, 0.4) is 0 Å². The predicted octanol–water partition coefficient (Wildman–Crippen LogP) is 1.76. The number of carboxylic acid groups (broad SMARTS) is 1. The van der Waals surface area contributed by atoms with Crippen LogP contribution in [-0.2, 0) is 0 Å². The van der Waals surface area contributed by atoms with E-state index in [1.165, 1.54) is 0 Å². The number of carboxylic acids is 1. The number of nitro groups is 1. The number of aromatic hydroxyl groups is 1. The summed E-state index contributed by atoms with van der Waals surface area (Å²) in [6.07, 6.45) is 0. The van der Waals surface area contributed by atoms with Crippen molar-refractivity contribution >= 4 is 27.6 Å². The van der Waals surface area contributed by atoms with Gasteiger partial charge in [-0.3, -0.25) is 10.1 Å². The Morgan fingerprint density at radius 3 is 2.50 bits per heavy atom. The van der Waals surface area contributed by atoms with Gasteiger partial charge in [-0.25, -0.2) is 4.79 Å². The largest absolute Gasteiger partial charge is 0.501 e. The average Bonchev–Trinajstić information content (AvgIpc) is 2.07. The average molecular weight is 262 g/mol. The van der Waals surface area contributed by atoms with Gasteiger partial charge >= 0.3 is 11.7 Å². The van der Waals surface area contributed by atoms with Gasteiger partial charge in [-0.1, -0.05) is 15.9 Å². The monoisotopic (exact) mass is 261 g/mol. The molecule has 14 heavy (non-hydrogen) atoms. The molecular formula is C7H4BrNO5. The van der Waals surface area contributed by atoms with E-state index in [9.17, 15) is 20.0 Å². The van der Waals surface area contributed by atoms with Crippen LogP contribution < -0.4 is 0 Å². The summed E-state index contributed by atoms with van der Waals surface area (Å²) in [5.41, 5.74) is -1.15. The summed E-state index contributed by atoms with van der Waals surface area (Å²) in [4.78, 5) is 20.1. The first-order valence-corrected chi connectivity index (χ1v) is 4.13. The van der Waals surface area contributed by atoms with Crippen LogP contribution in [0.2, 0.25) is 0 Å². The predicted molar refractivity (Wildman–Crippen MR) is 49.4 cm³/mol. The first kappa shape index (κ1) is 10.5. The highest BCUT2D eigenvalue weighted by Gasteiger charge is 2.22. The van der Waals surface area contributed by atoms with Crippen LogP contribution in [0.4, 0.5) is 5.69 Å². The summed E-state index contributed by atoms with van der Waals surface area (Å²) in [5, 5.41) is 28.2. The van der Waals surface area contributed by atoms with Gasteiger partial charge in [-0.05, 0) is 6.07 Å². The van der Waals surface area contributed by atoms with Crippen LogP contribution in [-0.4, -0.2) is 21.1 Å². The number of carbonyl (C=O) groups is 1. The van der Waals surface area contributed by atoms with Crippen LogP contribution in [0.15, 0.2) is 16.6 Å². The van der Waals surface area contributed by atoms with Crippen LogP contribution >= 0.6 is 15.9 Å². The van der Waals surface area contributed by atoms with Crippen LogP contribution in [0.1, 0.15) is 10.4 Å². The minimum Gasteiger partial charge on any atom is -0.501 e. The first-order valence-electron chi connectivity index (χ1n) is 3.33. The molecule has 0 aliphatic heterocycles. The van der Waals surface area contributed by atoms with Gasteiger partial charge in [-0.2, -0.15) is 0 Å². The first-order chi connectivity index (χ1) is 6.43. The fourth-order valence-corrected chi connectivity index (χ4v) is 1.33. The Kier molecular flexibility index (Phi) is 2.70. The molecule has 0 saturated heterocycles. The fraction of sp³-hybridized carbons (Fsp3) is 0. The molecule has 1 rings (SSSR count). The van der Waals surface area contributed by atoms with Gasteiger partial charge in [0.15, 0.2) is 0 Å². The van der Waals surface area contributed by atoms with Gasteiger partial charge in [0.2, 0.25) is 5.75 Å². The molecule has 0 spiro atoms. The maximum atomic E-state index is 10.5. The molecule has 0 fully saturated rings. The second-order valence-electron chi connectivity index (χ2n) is 2.38. The van der Waals surface area contributed by atoms with Gasteiger partial charge in [0.05, 0.1) is 4.92 Å². The van der Waals surface area contributed by atoms with Crippen molar-refractivity contribution in [1.82, 2.24) is 0 Å². The van der Waals surface area contributed by atoms with E-state index in [4.69, 9.17) is 5.11 Å². The van der Waals surface area contributed by atoms with Crippen molar-refractivity contribution in [2.24, 2.45) is 0 Å². The summed E-state index contributed by atoms with van der Waals surface area (Å²) < 4.78 is 0.222. The van der Waals surface area contributed by atoms with Crippen LogP contribution in [0.5, 0.6) is 5.75 Å². The van der Waals surface area contributed by atoms with Crippen molar-refractivity contribution in [2.45, 2.75) is 0 Å². The Labute approximate surface area is 86.1 Å². The highest BCUT2D eigenvalue weighted by atomic mass is 79.9. The van der Waals surface area contributed by atoms with Crippen molar-refractivity contribution < 1.29 is 19.9 Å². The summed E-state index contributed by atoms with van der Waals surface area (Å²) in [7, 11) is 0. The zero-order valence-electron chi connectivity index (χ0n) is 6.60. The number of benzene rings is 1. The van der Waals surface area contributed by atoms with Crippen molar-refractivity contribution in [3.63, 3.8) is 0 Å². The summed E-state index contributed by atoms with van der Waals surface area (Å²) in [5.74, 6) is -2.27. The molecule has 0 aliphatic rings. The summed E-state index contributed by atoms with van der Waals surface area (Å²) >= 11 is 2.90. The zero-order valence-corrected chi connectivity index (χ0v) is 8.19. The molecule has 0 amide bonds. The third kappa shape index (κ3) is 1.82. The minimum absolute atomic E-state index is 0.222. The maximum absolute atomic E-state index is 10.5. The number of aromatic carboxylic acids is 1. The topological polar surface area (TPSA) is 101 Å². The second-order valence-corrected chi connectivity index (χ2v) is 3.30. The van der Waals surface area contributed by atoms with Crippen molar-refractivity contribution in [2.75, 3.05) is 0 Å². The third-order valence-electron chi connectivity index (χ3n) is 1.48. The number of hydrogen-bond donors (Lipinski definition) is 2. The molecule has 1 aromatic rings. The zero-order chi connectivity index (χ0) is 10.9. The Morgan fingerprint density at radius 1 is 1.50 bits per heavy atom. The van der Waals surface area contributed by atoms with E-state index in [1.807, 2.05) is 0 Å². The van der Waals surface area contributed by atoms with Crippen molar-refractivity contribution in [1.29, 1.82) is 0 Å². The van der Waals surface area contributed by atoms with E-state index in [2.05, 4.69) is 15.9 Å². The van der Waals surface area contributed by atoms with Crippen molar-refractivity contribution in [3.05, 3.63) is 32.3 Å². The second kappa shape index (κ2) is 3.62. The van der Waals surface area contributed by atoms with Crippen molar-refractivity contribution in [3.8, 4) is 5.75 Å². The molecule has 0 saturated carbocycles. The lowest BCUT2D eigenvalue weighted by atomic mass is 10.2. The molecular weight excluding hydrogens is 258 g/mol. The number of halogens is 1.